The van der Waals surface area contributed by atoms with Crippen molar-refractivity contribution in [2.45, 2.75) is 44.4 Å². The predicted molar refractivity (Wildman–Crippen MR) is 135 cm³/mol. The molecule has 2 aliphatic rings. The average molecular weight is 572 g/mol. The van der Waals surface area contributed by atoms with E-state index in [1.54, 1.807) is 17.2 Å². The first-order valence-electron chi connectivity index (χ1n) is 12.8. The number of carbonyl (C=O) groups is 1. The lowest BCUT2D eigenvalue weighted by atomic mass is 9.88. The summed E-state index contributed by atoms with van der Waals surface area (Å²) in [5, 5.41) is 17.5. The van der Waals surface area contributed by atoms with E-state index in [0.717, 1.165) is 17.8 Å². The van der Waals surface area contributed by atoms with Crippen molar-refractivity contribution in [3.8, 4) is 0 Å². The molecule has 1 aromatic carbocycles. The van der Waals surface area contributed by atoms with Crippen LogP contribution in [0.2, 0.25) is 0 Å². The molecule has 0 spiro atoms. The number of halogens is 5. The molecule has 40 heavy (non-hydrogen) atoms. The van der Waals surface area contributed by atoms with Crippen molar-refractivity contribution in [1.82, 2.24) is 9.88 Å². The molecule has 1 amide bonds. The lowest BCUT2D eigenvalue weighted by molar-refractivity contribution is -0.139. The molecule has 2 fully saturated rings. The SMILES string of the molecule is O=C(COC1CCC(C=Nc2ccc(N(O)O)c(C(F)(F)F)c2)CC1)N1CCN(c2ccc(C(F)F)nc2)CC1. The van der Waals surface area contributed by atoms with E-state index in [2.05, 4.69) is 9.98 Å². The first-order valence-corrected chi connectivity index (χ1v) is 12.8. The lowest BCUT2D eigenvalue weighted by Gasteiger charge is -2.36. The van der Waals surface area contributed by atoms with Gasteiger partial charge in [-0.1, -0.05) is 0 Å². The molecule has 0 bridgehead atoms. The highest BCUT2D eigenvalue weighted by Crippen LogP contribution is 2.38. The number of rotatable bonds is 8. The number of pyridine rings is 1. The lowest BCUT2D eigenvalue weighted by Crippen LogP contribution is -2.50. The fourth-order valence-corrected chi connectivity index (χ4v) is 4.81. The minimum Gasteiger partial charge on any atom is -0.368 e. The molecule has 14 heteroatoms. The van der Waals surface area contributed by atoms with Crippen LogP contribution in [0.3, 0.4) is 0 Å². The average Bonchev–Trinajstić information content (AvgIpc) is 2.95. The van der Waals surface area contributed by atoms with Crippen LogP contribution in [0.1, 0.15) is 43.4 Å². The van der Waals surface area contributed by atoms with Gasteiger partial charge < -0.3 is 14.5 Å². The number of nitrogens with zero attached hydrogens (tertiary/aromatic N) is 5. The summed E-state index contributed by atoms with van der Waals surface area (Å²) in [7, 11) is 0. The van der Waals surface area contributed by atoms with Gasteiger partial charge >= 0.3 is 6.18 Å². The predicted octanol–water partition coefficient (Wildman–Crippen LogP) is 5.25. The molecule has 0 radical (unpaired) electrons. The summed E-state index contributed by atoms with van der Waals surface area (Å²) in [4.78, 5) is 24.3. The number of ether oxygens (including phenoxy) is 1. The maximum atomic E-state index is 13.2. The number of amides is 1. The largest absolute Gasteiger partial charge is 0.418 e. The normalized spacial score (nSPS) is 20.4. The van der Waals surface area contributed by atoms with Gasteiger partial charge in [-0.3, -0.25) is 25.2 Å². The van der Waals surface area contributed by atoms with E-state index in [-0.39, 0.29) is 35.9 Å². The molecule has 0 atom stereocenters. The minimum absolute atomic E-state index is 0.0362. The molecule has 4 rings (SSSR count). The summed E-state index contributed by atoms with van der Waals surface area (Å²) in [5.74, 6) is -0.0863. The summed E-state index contributed by atoms with van der Waals surface area (Å²) in [6, 6.07) is 5.86. The fourth-order valence-electron chi connectivity index (χ4n) is 4.81. The van der Waals surface area contributed by atoms with Gasteiger partial charge in [0.15, 0.2) is 0 Å². The van der Waals surface area contributed by atoms with E-state index in [9.17, 15) is 26.7 Å². The summed E-state index contributed by atoms with van der Waals surface area (Å²) < 4.78 is 70.9. The van der Waals surface area contributed by atoms with E-state index in [0.29, 0.717) is 51.9 Å². The molecule has 1 saturated carbocycles. The third-order valence-electron chi connectivity index (χ3n) is 7.09. The zero-order valence-electron chi connectivity index (χ0n) is 21.5. The van der Waals surface area contributed by atoms with Crippen molar-refractivity contribution < 1.29 is 41.9 Å². The van der Waals surface area contributed by atoms with Crippen LogP contribution in [0.4, 0.5) is 39.0 Å². The maximum absolute atomic E-state index is 13.2. The Balaban J connectivity index is 1.19. The molecule has 1 aliphatic carbocycles. The van der Waals surface area contributed by atoms with Crippen molar-refractivity contribution in [2.24, 2.45) is 10.9 Å². The second-order valence-electron chi connectivity index (χ2n) is 9.72. The summed E-state index contributed by atoms with van der Waals surface area (Å²) >= 11 is 0. The van der Waals surface area contributed by atoms with Crippen LogP contribution in [0.25, 0.3) is 0 Å². The quantitative estimate of drug-likeness (QED) is 0.254. The molecule has 2 aromatic rings. The maximum Gasteiger partial charge on any atom is 0.418 e. The fraction of sp³-hybridized carbons (Fsp3) is 0.500. The Kier molecular flexibility index (Phi) is 9.53. The Bertz CT molecular complexity index is 1160. The van der Waals surface area contributed by atoms with Crippen LogP contribution in [-0.4, -0.2) is 71.3 Å². The molecule has 1 saturated heterocycles. The van der Waals surface area contributed by atoms with Crippen molar-refractivity contribution in [2.75, 3.05) is 42.9 Å². The van der Waals surface area contributed by atoms with Crippen LogP contribution in [0.5, 0.6) is 0 Å². The summed E-state index contributed by atoms with van der Waals surface area (Å²) in [6.07, 6.45) is -1.74. The highest BCUT2D eigenvalue weighted by Gasteiger charge is 2.35. The van der Waals surface area contributed by atoms with Gasteiger partial charge in [-0.15, -0.1) is 5.23 Å². The van der Waals surface area contributed by atoms with Gasteiger partial charge in [-0.25, -0.2) is 8.78 Å². The number of hydrogen-bond acceptors (Lipinski definition) is 8. The molecule has 1 aliphatic heterocycles. The van der Waals surface area contributed by atoms with E-state index < -0.39 is 29.1 Å². The Morgan fingerprint density at radius 1 is 1.10 bits per heavy atom. The third-order valence-corrected chi connectivity index (χ3v) is 7.09. The number of anilines is 2. The highest BCUT2D eigenvalue weighted by molar-refractivity contribution is 5.77. The van der Waals surface area contributed by atoms with Crippen molar-refractivity contribution in [3.05, 3.63) is 47.8 Å². The number of piperazine rings is 1. The molecule has 2 heterocycles. The number of benzene rings is 1. The van der Waals surface area contributed by atoms with Gasteiger partial charge in [0, 0.05) is 32.4 Å². The Morgan fingerprint density at radius 2 is 1.80 bits per heavy atom. The number of aromatic nitrogens is 1. The number of hydrogen-bond donors (Lipinski definition) is 2. The standard InChI is InChI=1S/C26H30F5N5O4/c27-25(28)22-7-4-19(15-33-22)34-9-11-35(12-10-34)24(37)16-40-20-5-1-17(2-6-20)14-32-18-3-8-23(36(38)39)21(13-18)26(29,30)31/h3-4,7-8,13-15,17,20,25,38-39H,1-2,5-6,9-12,16H2. The second-order valence-corrected chi connectivity index (χ2v) is 9.72. The van der Waals surface area contributed by atoms with Crippen LogP contribution < -0.4 is 10.1 Å². The zero-order chi connectivity index (χ0) is 28.9. The van der Waals surface area contributed by atoms with Gasteiger partial charge in [0.05, 0.1) is 29.2 Å². The van der Waals surface area contributed by atoms with Crippen molar-refractivity contribution >= 4 is 29.2 Å². The van der Waals surface area contributed by atoms with E-state index in [4.69, 9.17) is 15.2 Å². The van der Waals surface area contributed by atoms with E-state index >= 15 is 0 Å². The molecular formula is C26H30F5N5O4. The number of aliphatic imine (C=N–C) groups is 1. The topological polar surface area (TPSA) is 102 Å². The number of alkyl halides is 5. The van der Waals surface area contributed by atoms with Crippen LogP contribution >= 0.6 is 0 Å². The Labute approximate surface area is 227 Å². The first-order chi connectivity index (χ1) is 19.0. The van der Waals surface area contributed by atoms with Gasteiger partial charge in [-0.2, -0.15) is 13.2 Å². The molecule has 2 N–H and O–H groups in total. The Morgan fingerprint density at radius 3 is 2.38 bits per heavy atom. The van der Waals surface area contributed by atoms with Gasteiger partial charge in [0.2, 0.25) is 5.91 Å². The smallest absolute Gasteiger partial charge is 0.368 e. The van der Waals surface area contributed by atoms with Gasteiger partial charge in [0.25, 0.3) is 6.43 Å². The molecule has 218 valence electrons. The van der Waals surface area contributed by atoms with Gasteiger partial charge in [-0.05, 0) is 61.9 Å². The molecule has 0 unspecified atom stereocenters. The second kappa shape index (κ2) is 12.9. The van der Waals surface area contributed by atoms with Gasteiger partial charge in [0.1, 0.15) is 18.0 Å². The third kappa shape index (κ3) is 7.64. The molecule has 9 nitrogen and oxygen atoms in total. The highest BCUT2D eigenvalue weighted by atomic mass is 19.4. The van der Waals surface area contributed by atoms with Crippen LogP contribution in [0.15, 0.2) is 41.5 Å². The number of carbonyl (C=O) groups excluding carboxylic acids is 1. The first kappa shape index (κ1) is 29.6. The minimum atomic E-state index is -4.78. The van der Waals surface area contributed by atoms with Crippen molar-refractivity contribution in [3.63, 3.8) is 0 Å². The van der Waals surface area contributed by atoms with E-state index in [1.165, 1.54) is 18.3 Å². The molecular weight excluding hydrogens is 541 g/mol. The Hall–Kier alpha value is -3.36. The van der Waals surface area contributed by atoms with Crippen LogP contribution in [-0.2, 0) is 15.7 Å². The summed E-state index contributed by atoms with van der Waals surface area (Å²) in [6.45, 7) is 2.02. The van der Waals surface area contributed by atoms with E-state index in [1.807, 2.05) is 4.90 Å². The van der Waals surface area contributed by atoms with Crippen LogP contribution in [0, 0.1) is 5.92 Å². The summed E-state index contributed by atoms with van der Waals surface area (Å²) in [5.41, 5.74) is -1.50. The monoisotopic (exact) mass is 571 g/mol. The zero-order valence-corrected chi connectivity index (χ0v) is 21.5. The van der Waals surface area contributed by atoms with Crippen molar-refractivity contribution in [1.29, 1.82) is 0 Å². The molecule has 1 aromatic heterocycles.